The van der Waals surface area contributed by atoms with Gasteiger partial charge in [0.05, 0.1) is 24.9 Å². The van der Waals surface area contributed by atoms with Gasteiger partial charge < -0.3 is 29.9 Å². The number of nitrogens with two attached hydrogens (primary N) is 1. The summed E-state index contributed by atoms with van der Waals surface area (Å²) in [4.78, 5) is 26.8. The average molecular weight is 561 g/mol. The van der Waals surface area contributed by atoms with Gasteiger partial charge in [0.25, 0.3) is 0 Å². The van der Waals surface area contributed by atoms with Crippen LogP contribution in [0.25, 0.3) is 10.8 Å². The Hall–Kier alpha value is -3.69. The van der Waals surface area contributed by atoms with Crippen LogP contribution in [0.5, 0.6) is 6.01 Å². The topological polar surface area (TPSA) is 97.0 Å². The number of likely N-dealkylation sites (tertiary alicyclic amines) is 1. The molecule has 3 aromatic rings. The van der Waals surface area contributed by atoms with Crippen molar-refractivity contribution in [3.05, 3.63) is 66.4 Å². The van der Waals surface area contributed by atoms with Crippen LogP contribution in [0.15, 0.2) is 55.1 Å². The molecule has 0 aliphatic carbocycles. The van der Waals surface area contributed by atoms with Gasteiger partial charge in [-0.25, -0.2) is 0 Å². The quantitative estimate of drug-likeness (QED) is 0.387. The van der Waals surface area contributed by atoms with E-state index in [-0.39, 0.29) is 11.9 Å². The van der Waals surface area contributed by atoms with Gasteiger partial charge in [-0.1, -0.05) is 43.0 Å². The van der Waals surface area contributed by atoms with Crippen molar-refractivity contribution in [1.82, 2.24) is 19.8 Å². The minimum atomic E-state index is -0.0398. The number of fused-ring (bicyclic) bond motifs is 2. The molecule has 41 heavy (non-hydrogen) atoms. The van der Waals surface area contributed by atoms with Crippen LogP contribution in [0.3, 0.4) is 0 Å². The second kappa shape index (κ2) is 14.3. The van der Waals surface area contributed by atoms with Crippen LogP contribution in [0.4, 0.5) is 11.5 Å². The van der Waals surface area contributed by atoms with E-state index in [0.29, 0.717) is 37.6 Å². The number of anilines is 2. The van der Waals surface area contributed by atoms with Crippen molar-refractivity contribution in [1.29, 1.82) is 0 Å². The number of carbonyl (C=O) groups excluding carboxylic acids is 1. The smallest absolute Gasteiger partial charge is 0.318 e. The number of aromatic nitrogens is 2. The number of nitrogen functional groups attached to an aromatic ring is 1. The first-order chi connectivity index (χ1) is 19.9. The molecule has 1 aromatic heterocycles. The largest absolute Gasteiger partial charge is 0.462 e. The first-order valence-electron chi connectivity index (χ1n) is 14.5. The number of hydrogen-bond donors (Lipinski definition) is 1. The number of rotatable bonds is 9. The number of likely N-dealkylation sites (N-methyl/N-ethyl adjacent to an activating group) is 2. The molecule has 2 aliphatic rings. The maximum absolute atomic E-state index is 11.2. The van der Waals surface area contributed by atoms with Crippen LogP contribution < -0.4 is 15.4 Å². The van der Waals surface area contributed by atoms with E-state index in [4.69, 9.17) is 20.2 Å². The summed E-state index contributed by atoms with van der Waals surface area (Å²) in [5, 5.41) is 2.52. The Kier molecular flexibility index (Phi) is 10.5. The van der Waals surface area contributed by atoms with Crippen molar-refractivity contribution in [2.24, 2.45) is 0 Å². The summed E-state index contributed by atoms with van der Waals surface area (Å²) in [5.41, 5.74) is 9.54. The van der Waals surface area contributed by atoms with Crippen molar-refractivity contribution >= 4 is 28.2 Å². The SMILES string of the molecule is C=CC(=O)N(CC)C(C)COC.CN1CCC[C@H]1COc1nc(N)c2c(n1)CN(c1cccc3ccccc13)CC2. The number of amides is 1. The zero-order valence-electron chi connectivity index (χ0n) is 24.9. The van der Waals surface area contributed by atoms with Crippen LogP contribution in [0.1, 0.15) is 37.9 Å². The Bertz CT molecular complexity index is 1330. The van der Waals surface area contributed by atoms with E-state index >= 15 is 0 Å². The Morgan fingerprint density at radius 1 is 1.22 bits per heavy atom. The Labute approximate surface area is 243 Å². The van der Waals surface area contributed by atoms with Crippen LogP contribution in [0, 0.1) is 0 Å². The second-order valence-corrected chi connectivity index (χ2v) is 10.7. The van der Waals surface area contributed by atoms with E-state index in [0.717, 1.165) is 43.7 Å². The molecule has 1 saturated heterocycles. The van der Waals surface area contributed by atoms with E-state index in [1.54, 1.807) is 12.0 Å². The van der Waals surface area contributed by atoms with E-state index < -0.39 is 0 Å². The lowest BCUT2D eigenvalue weighted by molar-refractivity contribution is -0.128. The van der Waals surface area contributed by atoms with Crippen LogP contribution >= 0.6 is 0 Å². The van der Waals surface area contributed by atoms with E-state index in [1.807, 2.05) is 13.8 Å². The van der Waals surface area contributed by atoms with Crippen LogP contribution in [-0.2, 0) is 22.5 Å². The third-order valence-corrected chi connectivity index (χ3v) is 8.00. The summed E-state index contributed by atoms with van der Waals surface area (Å²) in [7, 11) is 3.77. The number of methoxy groups -OCH3 is 1. The van der Waals surface area contributed by atoms with Gasteiger partial charge in [-0.15, -0.1) is 0 Å². The molecule has 2 aromatic carbocycles. The molecule has 9 heteroatoms. The van der Waals surface area contributed by atoms with Gasteiger partial charge in [0.2, 0.25) is 5.91 Å². The van der Waals surface area contributed by atoms with Crippen LogP contribution in [0.2, 0.25) is 0 Å². The molecule has 0 bridgehead atoms. The summed E-state index contributed by atoms with van der Waals surface area (Å²) < 4.78 is 10.9. The summed E-state index contributed by atoms with van der Waals surface area (Å²) in [6.45, 7) is 11.9. The zero-order chi connectivity index (χ0) is 29.4. The molecule has 1 amide bonds. The monoisotopic (exact) mass is 560 g/mol. The van der Waals surface area contributed by atoms with Gasteiger partial charge in [-0.05, 0) is 64.2 Å². The van der Waals surface area contributed by atoms with Crippen molar-refractivity contribution in [3.63, 3.8) is 0 Å². The van der Waals surface area contributed by atoms with E-state index in [9.17, 15) is 4.79 Å². The number of hydrogen-bond acceptors (Lipinski definition) is 8. The standard InChI is InChI=1S/C23H27N5O.C9H17NO2/c1-27-12-5-8-17(27)15-29-23-25-20-14-28(13-11-19(20)22(24)26-23)21-10-4-7-16-6-2-3-9-18(16)21;1-5-9(11)10(6-2)8(3)7-12-4/h2-4,6-7,9-10,17H,5,8,11-15H2,1H3,(H2,24,25,26);5,8H,1,6-7H2,2-4H3/t17-;/m0./s1. The molecule has 1 unspecified atom stereocenters. The number of benzene rings is 2. The van der Waals surface area contributed by atoms with E-state index in [1.165, 1.54) is 29.0 Å². The fourth-order valence-corrected chi connectivity index (χ4v) is 5.68. The third kappa shape index (κ3) is 7.34. The molecule has 2 atom stereocenters. The average Bonchev–Trinajstić information content (AvgIpc) is 3.40. The zero-order valence-corrected chi connectivity index (χ0v) is 24.9. The lowest BCUT2D eigenvalue weighted by Crippen LogP contribution is -2.39. The molecule has 0 radical (unpaired) electrons. The number of nitrogens with zero attached hydrogens (tertiary/aromatic N) is 5. The fourth-order valence-electron chi connectivity index (χ4n) is 5.68. The molecular weight excluding hydrogens is 516 g/mol. The summed E-state index contributed by atoms with van der Waals surface area (Å²) >= 11 is 0. The second-order valence-electron chi connectivity index (χ2n) is 10.7. The third-order valence-electron chi connectivity index (χ3n) is 8.00. The van der Waals surface area contributed by atoms with Gasteiger partial charge in [-0.2, -0.15) is 9.97 Å². The molecule has 220 valence electrons. The van der Waals surface area contributed by atoms with Crippen molar-refractivity contribution in [2.75, 3.05) is 57.6 Å². The fraction of sp³-hybridized carbons (Fsp3) is 0.469. The Balaban J connectivity index is 0.000000275. The summed E-state index contributed by atoms with van der Waals surface area (Å²) in [6.07, 6.45) is 4.55. The molecule has 0 spiro atoms. The minimum Gasteiger partial charge on any atom is -0.462 e. The number of carbonyl (C=O) groups is 1. The minimum absolute atomic E-state index is 0.0398. The molecule has 2 N–H and O–H groups in total. The highest BCUT2D eigenvalue weighted by Crippen LogP contribution is 2.32. The van der Waals surface area contributed by atoms with Crippen molar-refractivity contribution < 1.29 is 14.3 Å². The molecule has 5 rings (SSSR count). The predicted molar refractivity (Wildman–Crippen MR) is 165 cm³/mol. The molecule has 1 fully saturated rings. The maximum atomic E-state index is 11.2. The highest BCUT2D eigenvalue weighted by atomic mass is 16.5. The van der Waals surface area contributed by atoms with Crippen molar-refractivity contribution in [3.8, 4) is 6.01 Å². The first-order valence-corrected chi connectivity index (χ1v) is 14.5. The van der Waals surface area contributed by atoms with Crippen molar-refractivity contribution in [2.45, 2.75) is 51.7 Å². The first kappa shape index (κ1) is 30.3. The van der Waals surface area contributed by atoms with Gasteiger partial charge >= 0.3 is 6.01 Å². The van der Waals surface area contributed by atoms with Gasteiger partial charge in [0.15, 0.2) is 0 Å². The normalized spacial score (nSPS) is 17.4. The maximum Gasteiger partial charge on any atom is 0.318 e. The summed E-state index contributed by atoms with van der Waals surface area (Å²) in [5.74, 6) is 0.518. The van der Waals surface area contributed by atoms with E-state index in [2.05, 4.69) is 70.9 Å². The molecule has 2 aliphatic heterocycles. The lowest BCUT2D eigenvalue weighted by Gasteiger charge is -2.31. The lowest BCUT2D eigenvalue weighted by atomic mass is 10.0. The predicted octanol–water partition coefficient (Wildman–Crippen LogP) is 4.30. The summed E-state index contributed by atoms with van der Waals surface area (Å²) in [6, 6.07) is 15.9. The van der Waals surface area contributed by atoms with Gasteiger partial charge in [-0.3, -0.25) is 4.79 Å². The van der Waals surface area contributed by atoms with Gasteiger partial charge in [0.1, 0.15) is 12.4 Å². The van der Waals surface area contributed by atoms with Gasteiger partial charge in [0, 0.05) is 42.9 Å². The Morgan fingerprint density at radius 3 is 2.71 bits per heavy atom. The molecule has 0 saturated carbocycles. The number of ether oxygens (including phenoxy) is 2. The van der Waals surface area contributed by atoms with Crippen LogP contribution in [-0.4, -0.2) is 84.8 Å². The Morgan fingerprint density at radius 2 is 2.00 bits per heavy atom. The molecule has 9 nitrogen and oxygen atoms in total. The molecular formula is C32H44N6O3. The highest BCUT2D eigenvalue weighted by molar-refractivity contribution is 5.94. The highest BCUT2D eigenvalue weighted by Gasteiger charge is 2.25. The molecule has 3 heterocycles.